The minimum absolute atomic E-state index is 0.280. The Morgan fingerprint density at radius 1 is 0.955 bits per heavy atom. The van der Waals surface area contributed by atoms with Gasteiger partial charge in [0.2, 0.25) is 0 Å². The number of hydrogen-bond acceptors (Lipinski definition) is 2. The third-order valence-electron chi connectivity index (χ3n) is 4.50. The van der Waals surface area contributed by atoms with Gasteiger partial charge in [-0.15, -0.1) is 0 Å². The number of allylic oxidation sites excluding steroid dienone is 1. The van der Waals surface area contributed by atoms with E-state index < -0.39 is 0 Å². The summed E-state index contributed by atoms with van der Waals surface area (Å²) in [5.41, 5.74) is 2.04. The summed E-state index contributed by atoms with van der Waals surface area (Å²) in [5.74, 6) is 0. The Morgan fingerprint density at radius 3 is 1.91 bits per heavy atom. The molecule has 1 saturated heterocycles. The van der Waals surface area contributed by atoms with Crippen LogP contribution in [0.2, 0.25) is 0 Å². The lowest BCUT2D eigenvalue weighted by atomic mass is 9.79. The van der Waals surface area contributed by atoms with Gasteiger partial charge in [0.1, 0.15) is 0 Å². The van der Waals surface area contributed by atoms with Crippen molar-refractivity contribution in [3.63, 3.8) is 0 Å². The molecule has 2 nitrogen and oxygen atoms in total. The lowest BCUT2D eigenvalue weighted by Gasteiger charge is -2.32. The fraction of sp³-hybridized carbons (Fsp3) is 0.579. The number of benzene rings is 1. The molecule has 0 bridgehead atoms. The molecule has 0 radical (unpaired) electrons. The molecule has 1 heterocycles. The Kier molecular flexibility index (Phi) is 4.61. The van der Waals surface area contributed by atoms with Crippen LogP contribution in [0.5, 0.6) is 0 Å². The molecule has 0 atom stereocenters. The number of hydrogen-bond donors (Lipinski definition) is 0. The highest BCUT2D eigenvalue weighted by molar-refractivity contribution is 6.62. The summed E-state index contributed by atoms with van der Waals surface area (Å²) in [6, 6.07) is 8.44. The second-order valence-corrected chi connectivity index (χ2v) is 8.42. The number of rotatable bonds is 3. The van der Waals surface area contributed by atoms with Crippen LogP contribution in [-0.4, -0.2) is 18.3 Å². The summed E-state index contributed by atoms with van der Waals surface area (Å²) in [7, 11) is -0.280. The topological polar surface area (TPSA) is 18.5 Å². The van der Waals surface area contributed by atoms with Gasteiger partial charge in [0.05, 0.1) is 11.2 Å². The smallest absolute Gasteiger partial charge is 0.399 e. The van der Waals surface area contributed by atoms with Crippen LogP contribution in [0, 0.1) is 5.41 Å². The minimum atomic E-state index is -0.289. The van der Waals surface area contributed by atoms with Gasteiger partial charge < -0.3 is 9.31 Å². The zero-order valence-corrected chi connectivity index (χ0v) is 15.1. The second kappa shape index (κ2) is 5.86. The quantitative estimate of drug-likeness (QED) is 0.769. The molecule has 0 amide bonds. The maximum atomic E-state index is 6.08. The van der Waals surface area contributed by atoms with Crippen LogP contribution < -0.4 is 5.46 Å². The summed E-state index contributed by atoms with van der Waals surface area (Å²) < 4.78 is 12.2. The van der Waals surface area contributed by atoms with Crippen molar-refractivity contribution in [2.75, 3.05) is 0 Å². The zero-order valence-electron chi connectivity index (χ0n) is 15.1. The molecule has 1 aromatic carbocycles. The first-order valence-corrected chi connectivity index (χ1v) is 8.12. The lowest BCUT2D eigenvalue weighted by Crippen LogP contribution is -2.41. The van der Waals surface area contributed by atoms with E-state index in [0.29, 0.717) is 5.41 Å². The van der Waals surface area contributed by atoms with Crippen molar-refractivity contribution in [1.29, 1.82) is 0 Å². The Labute approximate surface area is 136 Å². The van der Waals surface area contributed by atoms with E-state index in [1.54, 1.807) is 0 Å². The Hall–Kier alpha value is -1.06. The van der Waals surface area contributed by atoms with E-state index in [0.717, 1.165) is 11.9 Å². The van der Waals surface area contributed by atoms with Gasteiger partial charge in [-0.05, 0) is 50.6 Å². The summed E-state index contributed by atoms with van der Waals surface area (Å²) in [6.07, 6.45) is 5.50. The van der Waals surface area contributed by atoms with Crippen molar-refractivity contribution in [2.24, 2.45) is 5.41 Å². The molecule has 1 aliphatic heterocycles. The Morgan fingerprint density at radius 2 is 1.45 bits per heavy atom. The molecule has 1 aliphatic rings. The molecule has 22 heavy (non-hydrogen) atoms. The summed E-state index contributed by atoms with van der Waals surface area (Å²) in [4.78, 5) is 0. The van der Waals surface area contributed by atoms with Crippen molar-refractivity contribution >= 4 is 18.7 Å². The largest absolute Gasteiger partial charge is 0.494 e. The minimum Gasteiger partial charge on any atom is -0.399 e. The van der Waals surface area contributed by atoms with Crippen molar-refractivity contribution in [3.05, 3.63) is 35.9 Å². The second-order valence-electron chi connectivity index (χ2n) is 8.42. The molecule has 2 rings (SSSR count). The first-order valence-electron chi connectivity index (χ1n) is 8.12. The van der Waals surface area contributed by atoms with Gasteiger partial charge in [-0.2, -0.15) is 0 Å². The zero-order chi connectivity index (χ0) is 16.6. The average Bonchev–Trinajstić information content (AvgIpc) is 2.58. The first kappa shape index (κ1) is 17.3. The van der Waals surface area contributed by atoms with Gasteiger partial charge in [0.25, 0.3) is 0 Å². The van der Waals surface area contributed by atoms with E-state index in [9.17, 15) is 0 Å². The van der Waals surface area contributed by atoms with Crippen molar-refractivity contribution < 1.29 is 9.31 Å². The molecule has 0 unspecified atom stereocenters. The van der Waals surface area contributed by atoms with Crippen LogP contribution >= 0.6 is 0 Å². The molecule has 1 fully saturated rings. The standard InChI is InChI=1S/C19H29BO2/c1-17(2,3)14-8-9-15-10-12-16(13-11-15)20-21-18(4,5)19(6,7)22-20/h8-13H,14H2,1-7H3/b9-8+. The molecule has 0 aromatic heterocycles. The van der Waals surface area contributed by atoms with Gasteiger partial charge in [-0.25, -0.2) is 0 Å². The van der Waals surface area contributed by atoms with Crippen molar-refractivity contribution in [2.45, 2.75) is 66.1 Å². The van der Waals surface area contributed by atoms with Gasteiger partial charge in [-0.1, -0.05) is 57.2 Å². The predicted octanol–water partition coefficient (Wildman–Crippen LogP) is 4.44. The average molecular weight is 300 g/mol. The fourth-order valence-corrected chi connectivity index (χ4v) is 2.29. The summed E-state index contributed by atoms with van der Waals surface area (Å²) in [5, 5.41) is 0. The first-order chi connectivity index (χ1) is 10.0. The Bertz CT molecular complexity index is 520. The van der Waals surface area contributed by atoms with Crippen LogP contribution in [-0.2, 0) is 9.31 Å². The Balaban J connectivity index is 2.04. The van der Waals surface area contributed by atoms with Gasteiger partial charge in [0.15, 0.2) is 0 Å². The highest BCUT2D eigenvalue weighted by Gasteiger charge is 2.51. The van der Waals surface area contributed by atoms with Crippen LogP contribution in [0.25, 0.3) is 6.08 Å². The van der Waals surface area contributed by atoms with Gasteiger partial charge in [-0.3, -0.25) is 0 Å². The maximum Gasteiger partial charge on any atom is 0.494 e. The van der Waals surface area contributed by atoms with Crippen LogP contribution in [0.15, 0.2) is 30.3 Å². The van der Waals surface area contributed by atoms with Crippen LogP contribution in [0.3, 0.4) is 0 Å². The molecular weight excluding hydrogens is 271 g/mol. The molecule has 3 heteroatoms. The normalized spacial score (nSPS) is 20.8. The van der Waals surface area contributed by atoms with E-state index in [-0.39, 0.29) is 18.3 Å². The molecule has 0 aliphatic carbocycles. The molecule has 0 saturated carbocycles. The van der Waals surface area contributed by atoms with Crippen molar-refractivity contribution in [3.8, 4) is 0 Å². The van der Waals surface area contributed by atoms with Crippen LogP contribution in [0.1, 0.15) is 60.5 Å². The van der Waals surface area contributed by atoms with E-state index >= 15 is 0 Å². The summed E-state index contributed by atoms with van der Waals surface area (Å²) >= 11 is 0. The summed E-state index contributed by atoms with van der Waals surface area (Å²) in [6.45, 7) is 15.1. The van der Waals surface area contributed by atoms with E-state index in [1.807, 2.05) is 0 Å². The van der Waals surface area contributed by atoms with E-state index in [4.69, 9.17) is 9.31 Å². The molecular formula is C19H29BO2. The molecule has 120 valence electrons. The van der Waals surface area contributed by atoms with Crippen molar-refractivity contribution in [1.82, 2.24) is 0 Å². The highest BCUT2D eigenvalue weighted by Crippen LogP contribution is 2.36. The predicted molar refractivity (Wildman–Crippen MR) is 95.3 cm³/mol. The monoisotopic (exact) mass is 300 g/mol. The fourth-order valence-electron chi connectivity index (χ4n) is 2.29. The molecule has 0 N–H and O–H groups in total. The van der Waals surface area contributed by atoms with E-state index in [2.05, 4.69) is 84.9 Å². The maximum absolute atomic E-state index is 6.08. The molecule has 0 spiro atoms. The molecule has 1 aromatic rings. The lowest BCUT2D eigenvalue weighted by molar-refractivity contribution is 0.00578. The van der Waals surface area contributed by atoms with Gasteiger partial charge >= 0.3 is 7.12 Å². The SMILES string of the molecule is CC(C)(C)C/C=C/c1ccc(B2OC(C)(C)C(C)(C)O2)cc1. The third-order valence-corrected chi connectivity index (χ3v) is 4.50. The van der Waals surface area contributed by atoms with Gasteiger partial charge in [0, 0.05) is 0 Å². The van der Waals surface area contributed by atoms with E-state index in [1.165, 1.54) is 5.56 Å². The van der Waals surface area contributed by atoms with Crippen LogP contribution in [0.4, 0.5) is 0 Å². The third kappa shape index (κ3) is 4.02. The highest BCUT2D eigenvalue weighted by atomic mass is 16.7.